The average molecular weight is 422 g/mol. The standard InChI is InChI=1S/C18H34O2.C3H9NO3S/c1-2-3-4-5-6-7-8-9-10-11-12-13-14-15-16-17-18(19)20;1-4-2-3-8(5,6)7/h9-10H,2-8,11-17H2,1H3,(H,19,20);4H,2-3H2,1H3,(H,5,6,7). The number of aliphatic carboxylic acids is 1. The molecule has 7 heteroatoms. The first-order valence-corrected chi connectivity index (χ1v) is 12.4. The Labute approximate surface area is 172 Å². The highest BCUT2D eigenvalue weighted by molar-refractivity contribution is 7.85. The van der Waals surface area contributed by atoms with E-state index in [9.17, 15) is 13.2 Å². The summed E-state index contributed by atoms with van der Waals surface area (Å²) >= 11 is 0. The van der Waals surface area contributed by atoms with Crippen molar-refractivity contribution in [3.05, 3.63) is 12.2 Å². The molecule has 0 amide bonds. The Morgan fingerprint density at radius 1 is 0.857 bits per heavy atom. The molecular weight excluding hydrogens is 378 g/mol. The highest BCUT2D eigenvalue weighted by Crippen LogP contribution is 2.09. The molecule has 0 aliphatic heterocycles. The molecule has 28 heavy (non-hydrogen) atoms. The van der Waals surface area contributed by atoms with Crippen LogP contribution in [0.5, 0.6) is 0 Å². The van der Waals surface area contributed by atoms with Gasteiger partial charge >= 0.3 is 5.97 Å². The number of carboxylic acids is 1. The van der Waals surface area contributed by atoms with Gasteiger partial charge in [-0.1, -0.05) is 70.4 Å². The van der Waals surface area contributed by atoms with Crippen LogP contribution in [0.1, 0.15) is 96.8 Å². The van der Waals surface area contributed by atoms with Crippen molar-refractivity contribution < 1.29 is 22.9 Å². The molecule has 0 saturated heterocycles. The van der Waals surface area contributed by atoms with E-state index in [0.29, 0.717) is 13.0 Å². The summed E-state index contributed by atoms with van der Waals surface area (Å²) < 4.78 is 27.9. The number of hydrogen-bond donors (Lipinski definition) is 3. The Morgan fingerprint density at radius 2 is 1.32 bits per heavy atom. The smallest absolute Gasteiger partial charge is 0.303 e. The number of nitrogens with one attached hydrogen (secondary N) is 1. The first-order chi connectivity index (χ1) is 13.3. The van der Waals surface area contributed by atoms with Gasteiger partial charge < -0.3 is 10.4 Å². The fourth-order valence-electron chi connectivity index (χ4n) is 2.58. The van der Waals surface area contributed by atoms with Crippen molar-refractivity contribution in [3.8, 4) is 0 Å². The molecule has 0 saturated carbocycles. The van der Waals surface area contributed by atoms with E-state index in [1.54, 1.807) is 7.05 Å². The lowest BCUT2D eigenvalue weighted by molar-refractivity contribution is -0.137. The molecule has 0 spiro atoms. The predicted octanol–water partition coefficient (Wildman–Crippen LogP) is 5.20. The van der Waals surface area contributed by atoms with Crippen LogP contribution in [0.15, 0.2) is 12.2 Å². The second-order valence-electron chi connectivity index (χ2n) is 7.12. The van der Waals surface area contributed by atoms with E-state index in [1.165, 1.54) is 70.6 Å². The Bertz CT molecular complexity index is 463. The van der Waals surface area contributed by atoms with Gasteiger partial charge in [0.05, 0.1) is 5.75 Å². The van der Waals surface area contributed by atoms with Gasteiger partial charge in [-0.15, -0.1) is 0 Å². The third-order valence-electron chi connectivity index (χ3n) is 4.26. The molecule has 0 heterocycles. The maximum Gasteiger partial charge on any atom is 0.303 e. The normalized spacial score (nSPS) is 11.4. The summed E-state index contributed by atoms with van der Waals surface area (Å²) in [5.74, 6) is -0.883. The lowest BCUT2D eigenvalue weighted by Gasteiger charge is -1.99. The third-order valence-corrected chi connectivity index (χ3v) is 4.98. The van der Waals surface area contributed by atoms with E-state index in [0.717, 1.165) is 12.8 Å². The largest absolute Gasteiger partial charge is 0.481 e. The number of allylic oxidation sites excluding steroid dienone is 2. The highest BCUT2D eigenvalue weighted by Gasteiger charge is 2.00. The summed E-state index contributed by atoms with van der Waals surface area (Å²) in [6.45, 7) is 2.55. The summed E-state index contributed by atoms with van der Waals surface area (Å²) in [4.78, 5) is 10.3. The lowest BCUT2D eigenvalue weighted by Crippen LogP contribution is -2.18. The summed E-state index contributed by atoms with van der Waals surface area (Å²) in [7, 11) is -2.13. The van der Waals surface area contributed by atoms with Gasteiger partial charge in [-0.25, -0.2) is 0 Å². The molecule has 6 nitrogen and oxygen atoms in total. The summed E-state index contributed by atoms with van der Waals surface area (Å²) in [6.07, 6.45) is 21.2. The molecule has 0 bridgehead atoms. The molecule has 0 fully saturated rings. The van der Waals surface area contributed by atoms with Gasteiger partial charge in [-0.3, -0.25) is 9.35 Å². The molecule has 168 valence electrons. The number of hydrogen-bond acceptors (Lipinski definition) is 4. The average Bonchev–Trinajstić information content (AvgIpc) is 2.63. The Balaban J connectivity index is 0. The minimum atomic E-state index is -3.75. The van der Waals surface area contributed by atoms with Crippen LogP contribution >= 0.6 is 0 Å². The number of carbonyl (C=O) groups is 1. The number of carboxylic acid groups (broad SMARTS) is 1. The fourth-order valence-corrected chi connectivity index (χ4v) is 3.04. The highest BCUT2D eigenvalue weighted by atomic mass is 32.2. The van der Waals surface area contributed by atoms with Gasteiger partial charge in [-0.05, 0) is 39.2 Å². The molecule has 0 aliphatic carbocycles. The second kappa shape index (κ2) is 22.4. The van der Waals surface area contributed by atoms with Crippen LogP contribution in [0.25, 0.3) is 0 Å². The molecule has 0 rings (SSSR count). The first kappa shape index (κ1) is 29.3. The third kappa shape index (κ3) is 32.7. The summed E-state index contributed by atoms with van der Waals surface area (Å²) in [6, 6.07) is 0. The van der Waals surface area contributed by atoms with Gasteiger partial charge in [0, 0.05) is 13.0 Å². The van der Waals surface area contributed by atoms with Crippen molar-refractivity contribution >= 4 is 16.1 Å². The van der Waals surface area contributed by atoms with E-state index < -0.39 is 16.1 Å². The van der Waals surface area contributed by atoms with Crippen LogP contribution in [0.4, 0.5) is 0 Å². The van der Waals surface area contributed by atoms with E-state index in [2.05, 4.69) is 24.4 Å². The van der Waals surface area contributed by atoms with Gasteiger partial charge in [0.25, 0.3) is 10.1 Å². The first-order valence-electron chi connectivity index (χ1n) is 10.8. The monoisotopic (exact) mass is 421 g/mol. The molecule has 0 radical (unpaired) electrons. The van der Waals surface area contributed by atoms with Gasteiger partial charge in [0.15, 0.2) is 0 Å². The molecular formula is C21H43NO5S. The van der Waals surface area contributed by atoms with E-state index >= 15 is 0 Å². The van der Waals surface area contributed by atoms with Crippen molar-refractivity contribution in [2.75, 3.05) is 19.3 Å². The zero-order valence-electron chi connectivity index (χ0n) is 18.0. The van der Waals surface area contributed by atoms with Crippen LogP contribution in [0.3, 0.4) is 0 Å². The summed E-state index contributed by atoms with van der Waals surface area (Å²) in [5.41, 5.74) is 0. The topological polar surface area (TPSA) is 104 Å². The fraction of sp³-hybridized carbons (Fsp3) is 0.857. The number of unbranched alkanes of at least 4 members (excludes halogenated alkanes) is 11. The Kier molecular flexibility index (Phi) is 23.4. The summed E-state index contributed by atoms with van der Waals surface area (Å²) in [5, 5.41) is 11.1. The zero-order valence-corrected chi connectivity index (χ0v) is 18.8. The molecule has 0 aromatic carbocycles. The van der Waals surface area contributed by atoms with Gasteiger partial charge in [-0.2, -0.15) is 8.42 Å². The Morgan fingerprint density at radius 3 is 1.71 bits per heavy atom. The predicted molar refractivity (Wildman–Crippen MR) is 117 cm³/mol. The van der Waals surface area contributed by atoms with Crippen molar-refractivity contribution in [2.45, 2.75) is 96.8 Å². The maximum atomic E-state index is 10.3. The SMILES string of the molecule is CCCCCCCCC=CCCCCCCCC(=O)O.CNCCS(=O)(=O)O. The van der Waals surface area contributed by atoms with Crippen molar-refractivity contribution in [3.63, 3.8) is 0 Å². The van der Waals surface area contributed by atoms with Gasteiger partial charge in [0.1, 0.15) is 0 Å². The van der Waals surface area contributed by atoms with E-state index in [4.69, 9.17) is 9.66 Å². The maximum absolute atomic E-state index is 10.3. The molecule has 0 aromatic heterocycles. The van der Waals surface area contributed by atoms with Crippen LogP contribution in [0, 0.1) is 0 Å². The lowest BCUT2D eigenvalue weighted by atomic mass is 10.1. The minimum absolute atomic E-state index is 0.219. The molecule has 0 atom stereocenters. The quantitative estimate of drug-likeness (QED) is 0.160. The van der Waals surface area contributed by atoms with Gasteiger partial charge in [0.2, 0.25) is 0 Å². The van der Waals surface area contributed by atoms with Crippen molar-refractivity contribution in [1.29, 1.82) is 0 Å². The van der Waals surface area contributed by atoms with E-state index in [-0.39, 0.29) is 5.75 Å². The van der Waals surface area contributed by atoms with Crippen LogP contribution in [-0.4, -0.2) is 43.4 Å². The van der Waals surface area contributed by atoms with E-state index in [1.807, 2.05) is 0 Å². The van der Waals surface area contributed by atoms with Crippen molar-refractivity contribution in [2.24, 2.45) is 0 Å². The van der Waals surface area contributed by atoms with Crippen LogP contribution in [-0.2, 0) is 14.9 Å². The molecule has 0 unspecified atom stereocenters. The molecule has 3 N–H and O–H groups in total. The van der Waals surface area contributed by atoms with Crippen molar-refractivity contribution in [1.82, 2.24) is 5.32 Å². The second-order valence-corrected chi connectivity index (χ2v) is 8.69. The molecule has 0 aromatic rings. The number of rotatable bonds is 18. The minimum Gasteiger partial charge on any atom is -0.481 e. The Hall–Kier alpha value is -0.920. The zero-order chi connectivity index (χ0) is 21.5. The van der Waals surface area contributed by atoms with Crippen LogP contribution in [0.2, 0.25) is 0 Å². The van der Waals surface area contributed by atoms with Crippen LogP contribution < -0.4 is 5.32 Å². The molecule has 0 aliphatic rings.